The molecule has 1 aliphatic rings. The molecule has 0 unspecified atom stereocenters. The standard InChI is InChI=1S/C36H44/c1-3-4-6-9-30-12-14-31(15-13-30)16-17-32-18-20-33(21-19-32)22-23-34-24-26-35(27-25-34)28-29(2)36-10-7-5-8-11-36/h3-5,7-8,10-21,29,34-35H,6,9,22-28H2,1-2H3/b4-3+,17-16?/t29-,34?,35?/m1/s1. The molecule has 36 heavy (non-hydrogen) atoms. The maximum absolute atomic E-state index is 2.41. The van der Waals surface area contributed by atoms with Crippen LogP contribution in [0.5, 0.6) is 0 Å². The molecule has 0 nitrogen and oxygen atoms in total. The molecule has 0 N–H and O–H groups in total. The lowest BCUT2D eigenvalue weighted by atomic mass is 9.76. The first kappa shape index (κ1) is 26.2. The minimum atomic E-state index is 0.688. The Morgan fingerprint density at radius 1 is 0.694 bits per heavy atom. The third kappa shape index (κ3) is 8.37. The van der Waals surface area contributed by atoms with Crippen LogP contribution in [0, 0.1) is 11.8 Å². The Morgan fingerprint density at radius 2 is 1.25 bits per heavy atom. The molecule has 0 heteroatoms. The fourth-order valence-corrected chi connectivity index (χ4v) is 5.74. The highest BCUT2D eigenvalue weighted by atomic mass is 14.3. The van der Waals surface area contributed by atoms with Crippen LogP contribution in [-0.4, -0.2) is 0 Å². The van der Waals surface area contributed by atoms with Crippen LogP contribution in [0.2, 0.25) is 0 Å². The van der Waals surface area contributed by atoms with Crippen LogP contribution in [0.25, 0.3) is 12.2 Å². The summed E-state index contributed by atoms with van der Waals surface area (Å²) in [4.78, 5) is 0. The Balaban J connectivity index is 1.17. The fraction of sp³-hybridized carbons (Fsp3) is 0.389. The summed E-state index contributed by atoms with van der Waals surface area (Å²) in [7, 11) is 0. The lowest BCUT2D eigenvalue weighted by Gasteiger charge is -2.30. The van der Waals surface area contributed by atoms with Crippen molar-refractivity contribution in [3.63, 3.8) is 0 Å². The lowest BCUT2D eigenvalue weighted by Crippen LogP contribution is -2.16. The summed E-state index contributed by atoms with van der Waals surface area (Å²) in [6.07, 6.45) is 20.6. The van der Waals surface area contributed by atoms with Crippen LogP contribution in [0.1, 0.15) is 92.5 Å². The Kier molecular flexibility index (Phi) is 10.2. The van der Waals surface area contributed by atoms with E-state index >= 15 is 0 Å². The van der Waals surface area contributed by atoms with Gasteiger partial charge in [0.05, 0.1) is 0 Å². The van der Waals surface area contributed by atoms with Crippen molar-refractivity contribution in [2.24, 2.45) is 11.8 Å². The van der Waals surface area contributed by atoms with E-state index in [4.69, 9.17) is 0 Å². The molecule has 0 bridgehead atoms. The van der Waals surface area contributed by atoms with Crippen molar-refractivity contribution in [3.05, 3.63) is 119 Å². The van der Waals surface area contributed by atoms with E-state index in [0.717, 1.165) is 24.7 Å². The van der Waals surface area contributed by atoms with E-state index < -0.39 is 0 Å². The van der Waals surface area contributed by atoms with Gasteiger partial charge in [0.25, 0.3) is 0 Å². The molecule has 1 atom stereocenters. The summed E-state index contributed by atoms with van der Waals surface area (Å²) in [5.41, 5.74) is 6.94. The van der Waals surface area contributed by atoms with Gasteiger partial charge in [0.2, 0.25) is 0 Å². The molecule has 3 aromatic rings. The van der Waals surface area contributed by atoms with Crippen molar-refractivity contribution in [1.82, 2.24) is 0 Å². The summed E-state index contributed by atoms with van der Waals surface area (Å²) < 4.78 is 0. The van der Waals surface area contributed by atoms with Gasteiger partial charge in [-0.1, -0.05) is 136 Å². The van der Waals surface area contributed by atoms with E-state index in [2.05, 4.69) is 117 Å². The smallest absolute Gasteiger partial charge is 0.0188 e. The molecule has 0 aromatic heterocycles. The molecule has 1 fully saturated rings. The molecule has 0 spiro atoms. The van der Waals surface area contributed by atoms with Gasteiger partial charge in [-0.3, -0.25) is 0 Å². The largest absolute Gasteiger partial charge is 0.0917 e. The second-order valence-corrected chi connectivity index (χ2v) is 10.9. The van der Waals surface area contributed by atoms with Crippen molar-refractivity contribution >= 4 is 12.2 Å². The van der Waals surface area contributed by atoms with Gasteiger partial charge in [0.1, 0.15) is 0 Å². The van der Waals surface area contributed by atoms with Gasteiger partial charge in [0, 0.05) is 0 Å². The van der Waals surface area contributed by atoms with Crippen molar-refractivity contribution < 1.29 is 0 Å². The number of hydrogen-bond donors (Lipinski definition) is 0. The predicted octanol–water partition coefficient (Wildman–Crippen LogP) is 10.3. The SMILES string of the molecule is C/C=C/CCc1ccc(C=Cc2ccc(CCC3CCC(C[C@@H](C)c4ccccc4)CC3)cc2)cc1. The third-order valence-electron chi connectivity index (χ3n) is 8.13. The first-order valence-corrected chi connectivity index (χ1v) is 14.2. The molecule has 4 rings (SSSR count). The van der Waals surface area contributed by atoms with Crippen molar-refractivity contribution in [1.29, 1.82) is 0 Å². The van der Waals surface area contributed by atoms with Crippen LogP contribution in [0.4, 0.5) is 0 Å². The quantitative estimate of drug-likeness (QED) is 0.191. The number of allylic oxidation sites excluding steroid dienone is 2. The van der Waals surface area contributed by atoms with Gasteiger partial charge in [0.15, 0.2) is 0 Å². The molecular weight excluding hydrogens is 432 g/mol. The Hall–Kier alpha value is -2.86. The zero-order valence-corrected chi connectivity index (χ0v) is 22.4. The average Bonchev–Trinajstić information content (AvgIpc) is 2.93. The van der Waals surface area contributed by atoms with E-state index in [0.29, 0.717) is 5.92 Å². The highest BCUT2D eigenvalue weighted by molar-refractivity contribution is 5.69. The number of benzene rings is 3. The molecule has 188 valence electrons. The molecule has 3 aromatic carbocycles. The van der Waals surface area contributed by atoms with E-state index in [-0.39, 0.29) is 0 Å². The monoisotopic (exact) mass is 476 g/mol. The Bertz CT molecular complexity index is 1060. The molecule has 0 heterocycles. The molecule has 0 radical (unpaired) electrons. The van der Waals surface area contributed by atoms with Gasteiger partial charge in [-0.25, -0.2) is 0 Å². The molecule has 0 aliphatic heterocycles. The van der Waals surface area contributed by atoms with E-state index in [9.17, 15) is 0 Å². The highest BCUT2D eigenvalue weighted by Gasteiger charge is 2.22. The average molecular weight is 477 g/mol. The second-order valence-electron chi connectivity index (χ2n) is 10.9. The molecule has 1 saturated carbocycles. The molecular formula is C36H44. The van der Waals surface area contributed by atoms with Gasteiger partial charge in [-0.2, -0.15) is 0 Å². The normalized spacial score (nSPS) is 19.2. The Morgan fingerprint density at radius 3 is 1.83 bits per heavy atom. The predicted molar refractivity (Wildman–Crippen MR) is 158 cm³/mol. The maximum Gasteiger partial charge on any atom is -0.0188 e. The van der Waals surface area contributed by atoms with Crippen LogP contribution < -0.4 is 0 Å². The maximum atomic E-state index is 2.41. The van der Waals surface area contributed by atoms with Crippen molar-refractivity contribution in [3.8, 4) is 0 Å². The number of hydrogen-bond acceptors (Lipinski definition) is 0. The van der Waals surface area contributed by atoms with Crippen LogP contribution in [0.15, 0.2) is 91.0 Å². The van der Waals surface area contributed by atoms with Crippen molar-refractivity contribution in [2.75, 3.05) is 0 Å². The van der Waals surface area contributed by atoms with E-state index in [1.165, 1.54) is 72.8 Å². The molecule has 1 aliphatic carbocycles. The summed E-state index contributed by atoms with van der Waals surface area (Å²) in [6, 6.07) is 29.2. The van der Waals surface area contributed by atoms with Crippen molar-refractivity contribution in [2.45, 2.75) is 77.6 Å². The second kappa shape index (κ2) is 14.0. The van der Waals surface area contributed by atoms with Gasteiger partial charge in [-0.15, -0.1) is 0 Å². The lowest BCUT2D eigenvalue weighted by molar-refractivity contribution is 0.245. The zero-order valence-electron chi connectivity index (χ0n) is 22.4. The topological polar surface area (TPSA) is 0 Å². The molecule has 0 amide bonds. The van der Waals surface area contributed by atoms with E-state index in [1.54, 1.807) is 0 Å². The fourth-order valence-electron chi connectivity index (χ4n) is 5.74. The van der Waals surface area contributed by atoms with Crippen LogP contribution >= 0.6 is 0 Å². The van der Waals surface area contributed by atoms with Crippen LogP contribution in [0.3, 0.4) is 0 Å². The van der Waals surface area contributed by atoms with E-state index in [1.807, 2.05) is 0 Å². The summed E-state index contributed by atoms with van der Waals surface area (Å²) in [6.45, 7) is 4.49. The van der Waals surface area contributed by atoms with Gasteiger partial charge in [-0.05, 0) is 84.6 Å². The zero-order chi connectivity index (χ0) is 25.0. The number of aryl methyl sites for hydroxylation is 2. The van der Waals surface area contributed by atoms with Gasteiger partial charge < -0.3 is 0 Å². The van der Waals surface area contributed by atoms with Gasteiger partial charge >= 0.3 is 0 Å². The number of rotatable bonds is 11. The highest BCUT2D eigenvalue weighted by Crippen LogP contribution is 2.37. The summed E-state index contributed by atoms with van der Waals surface area (Å²) >= 11 is 0. The first-order valence-electron chi connectivity index (χ1n) is 14.2. The third-order valence-corrected chi connectivity index (χ3v) is 8.13. The first-order chi connectivity index (χ1) is 17.7. The summed E-state index contributed by atoms with van der Waals surface area (Å²) in [5, 5.41) is 0. The minimum Gasteiger partial charge on any atom is -0.0917 e. The molecule has 0 saturated heterocycles. The minimum absolute atomic E-state index is 0.688. The Labute approximate surface area is 220 Å². The summed E-state index contributed by atoms with van der Waals surface area (Å²) in [5.74, 6) is 2.51. The van der Waals surface area contributed by atoms with Crippen LogP contribution in [-0.2, 0) is 12.8 Å².